The Morgan fingerprint density at radius 2 is 1.90 bits per heavy atom. The molecule has 2 heterocycles. The summed E-state index contributed by atoms with van der Waals surface area (Å²) in [6, 6.07) is 11.4. The summed E-state index contributed by atoms with van der Waals surface area (Å²) >= 11 is 5.76. The lowest BCUT2D eigenvalue weighted by molar-refractivity contribution is -0.139. The number of amides is 2. The minimum atomic E-state index is -0.682. The number of nitrogens with one attached hydrogen (secondary N) is 1. The van der Waals surface area contributed by atoms with Gasteiger partial charge in [0.15, 0.2) is 6.10 Å². The third-order valence-corrected chi connectivity index (χ3v) is 5.58. The first-order valence-electron chi connectivity index (χ1n) is 10.1. The zero-order chi connectivity index (χ0) is 21.1. The molecule has 4 rings (SSSR count). The van der Waals surface area contributed by atoms with Crippen molar-refractivity contribution in [3.05, 3.63) is 53.3 Å². The predicted octanol–water partition coefficient (Wildman–Crippen LogP) is 3.70. The maximum Gasteiger partial charge on any atom is 0.265 e. The molecule has 0 bridgehead atoms. The van der Waals surface area contributed by atoms with Crippen LogP contribution in [-0.2, 0) is 9.59 Å². The van der Waals surface area contributed by atoms with E-state index in [-0.39, 0.29) is 29.7 Å². The van der Waals surface area contributed by atoms with Gasteiger partial charge >= 0.3 is 0 Å². The summed E-state index contributed by atoms with van der Waals surface area (Å²) in [6.45, 7) is 1.68. The summed E-state index contributed by atoms with van der Waals surface area (Å²) in [4.78, 5) is 29.2. The highest BCUT2D eigenvalue weighted by atomic mass is 35.5. The van der Waals surface area contributed by atoms with Crippen LogP contribution in [0.5, 0.6) is 5.75 Å². The van der Waals surface area contributed by atoms with E-state index in [4.69, 9.17) is 16.3 Å². The van der Waals surface area contributed by atoms with E-state index < -0.39 is 17.8 Å². The number of carbonyl (C=O) groups is 2. The molecule has 0 aliphatic carbocycles. The van der Waals surface area contributed by atoms with E-state index in [0.29, 0.717) is 5.75 Å². The summed E-state index contributed by atoms with van der Waals surface area (Å²) in [7, 11) is 0. The van der Waals surface area contributed by atoms with Crippen molar-refractivity contribution in [2.45, 2.75) is 25.4 Å². The molecule has 2 aromatic rings. The van der Waals surface area contributed by atoms with Crippen LogP contribution in [0.4, 0.5) is 15.8 Å². The number of halogens is 2. The van der Waals surface area contributed by atoms with Gasteiger partial charge in [-0.25, -0.2) is 4.39 Å². The summed E-state index contributed by atoms with van der Waals surface area (Å²) in [6.07, 6.45) is 2.44. The Balaban J connectivity index is 1.49. The molecule has 0 aromatic heterocycles. The van der Waals surface area contributed by atoms with Crippen molar-refractivity contribution in [2.75, 3.05) is 36.4 Å². The number of fused-ring (bicyclic) bond motifs is 1. The molecule has 1 unspecified atom stereocenters. The summed E-state index contributed by atoms with van der Waals surface area (Å²) in [5.41, 5.74) is 0.791. The Bertz CT molecular complexity index is 949. The molecule has 1 atom stereocenters. The van der Waals surface area contributed by atoms with Gasteiger partial charge < -0.3 is 19.9 Å². The third kappa shape index (κ3) is 4.51. The van der Waals surface area contributed by atoms with Crippen LogP contribution in [0.3, 0.4) is 0 Å². The van der Waals surface area contributed by atoms with Crippen molar-refractivity contribution < 1.29 is 18.7 Å². The maximum atomic E-state index is 14.0. The molecule has 2 aromatic carbocycles. The van der Waals surface area contributed by atoms with Gasteiger partial charge in [0.25, 0.3) is 5.91 Å². The Labute approximate surface area is 179 Å². The van der Waals surface area contributed by atoms with Crippen LogP contribution >= 0.6 is 11.6 Å². The van der Waals surface area contributed by atoms with Gasteiger partial charge in [0.05, 0.1) is 24.5 Å². The van der Waals surface area contributed by atoms with E-state index in [9.17, 15) is 14.0 Å². The van der Waals surface area contributed by atoms with Crippen LogP contribution < -0.4 is 15.0 Å². The number of benzene rings is 2. The van der Waals surface area contributed by atoms with Gasteiger partial charge in [-0.3, -0.25) is 9.59 Å². The number of anilines is 2. The van der Waals surface area contributed by atoms with E-state index >= 15 is 0 Å². The number of para-hydroxylation sites is 2. The number of piperidine rings is 1. The first kappa shape index (κ1) is 20.5. The fraction of sp³-hybridized carbons (Fsp3) is 0.364. The van der Waals surface area contributed by atoms with E-state index in [0.717, 1.165) is 44.1 Å². The van der Waals surface area contributed by atoms with Crippen LogP contribution in [0.25, 0.3) is 0 Å². The summed E-state index contributed by atoms with van der Waals surface area (Å²) in [5, 5.41) is 2.83. The highest BCUT2D eigenvalue weighted by Gasteiger charge is 2.34. The summed E-state index contributed by atoms with van der Waals surface area (Å²) in [5.74, 6) is -0.489. The first-order valence-corrected chi connectivity index (χ1v) is 10.4. The predicted molar refractivity (Wildman–Crippen MR) is 114 cm³/mol. The molecule has 2 aliphatic rings. The molecule has 2 amide bonds. The number of nitrogens with zero attached hydrogens (tertiary/aromatic N) is 2. The van der Waals surface area contributed by atoms with Gasteiger partial charge in [0.2, 0.25) is 5.91 Å². The Morgan fingerprint density at radius 1 is 1.13 bits per heavy atom. The van der Waals surface area contributed by atoms with Gasteiger partial charge in [0, 0.05) is 18.1 Å². The number of rotatable bonds is 4. The zero-order valence-electron chi connectivity index (χ0n) is 16.4. The van der Waals surface area contributed by atoms with E-state index in [1.165, 1.54) is 12.1 Å². The van der Waals surface area contributed by atoms with Crippen LogP contribution in [0.1, 0.15) is 19.3 Å². The topological polar surface area (TPSA) is 61.9 Å². The highest BCUT2D eigenvalue weighted by molar-refractivity contribution is 6.30. The second kappa shape index (κ2) is 8.92. The van der Waals surface area contributed by atoms with Crippen molar-refractivity contribution in [2.24, 2.45) is 0 Å². The Kier molecular flexibility index (Phi) is 6.08. The summed E-state index contributed by atoms with van der Waals surface area (Å²) < 4.78 is 20.0. The Hall–Kier alpha value is -2.80. The lowest BCUT2D eigenvalue weighted by Gasteiger charge is -2.38. The molecule has 6 nitrogen and oxygen atoms in total. The molecule has 8 heteroatoms. The average Bonchev–Trinajstić information content (AvgIpc) is 2.75. The van der Waals surface area contributed by atoms with Gasteiger partial charge in [-0.2, -0.15) is 0 Å². The van der Waals surface area contributed by atoms with E-state index in [1.807, 2.05) is 23.1 Å². The minimum Gasteiger partial charge on any atom is -0.477 e. The van der Waals surface area contributed by atoms with Gasteiger partial charge in [-0.1, -0.05) is 23.7 Å². The number of hydrogen-bond acceptors (Lipinski definition) is 4. The molecule has 30 heavy (non-hydrogen) atoms. The molecular weight excluding hydrogens is 409 g/mol. The van der Waals surface area contributed by atoms with Crippen molar-refractivity contribution in [3.8, 4) is 5.75 Å². The SMILES string of the molecule is O=C(CN1CC(C(=O)N2CCCCC2)Oc2ccccc21)Nc1ccc(Cl)cc1F. The standard InChI is InChI=1S/C22H23ClFN3O3/c23-15-8-9-17(16(24)12-15)25-21(28)14-27-13-20(22(29)26-10-4-1-5-11-26)30-19-7-3-2-6-18(19)27/h2-3,6-9,12,20H,1,4-5,10-11,13-14H2,(H,25,28). The van der Waals surface area contributed by atoms with Crippen LogP contribution in [-0.4, -0.2) is 49.0 Å². The molecular formula is C22H23ClFN3O3. The monoisotopic (exact) mass is 431 g/mol. The quantitative estimate of drug-likeness (QED) is 0.801. The lowest BCUT2D eigenvalue weighted by atomic mass is 10.1. The molecule has 0 spiro atoms. The average molecular weight is 432 g/mol. The largest absolute Gasteiger partial charge is 0.477 e. The molecule has 1 saturated heterocycles. The second-order valence-corrected chi connectivity index (χ2v) is 7.95. The molecule has 2 aliphatic heterocycles. The Morgan fingerprint density at radius 3 is 2.67 bits per heavy atom. The normalized spacial score (nSPS) is 18.4. The van der Waals surface area contributed by atoms with E-state index in [2.05, 4.69) is 5.32 Å². The second-order valence-electron chi connectivity index (χ2n) is 7.51. The van der Waals surface area contributed by atoms with Gasteiger partial charge in [-0.15, -0.1) is 0 Å². The molecule has 0 radical (unpaired) electrons. The third-order valence-electron chi connectivity index (χ3n) is 5.34. The fourth-order valence-electron chi connectivity index (χ4n) is 3.86. The fourth-order valence-corrected chi connectivity index (χ4v) is 4.02. The molecule has 1 fully saturated rings. The minimum absolute atomic E-state index is 0.0355. The van der Waals surface area contributed by atoms with Gasteiger partial charge in [-0.05, 0) is 49.6 Å². The van der Waals surface area contributed by atoms with Crippen molar-refractivity contribution in [1.29, 1.82) is 0 Å². The lowest BCUT2D eigenvalue weighted by Crippen LogP contribution is -2.52. The van der Waals surface area contributed by atoms with Crippen LogP contribution in [0.15, 0.2) is 42.5 Å². The van der Waals surface area contributed by atoms with E-state index in [1.54, 1.807) is 11.0 Å². The highest BCUT2D eigenvalue weighted by Crippen LogP contribution is 2.33. The number of ether oxygens (including phenoxy) is 1. The zero-order valence-corrected chi connectivity index (χ0v) is 17.2. The molecule has 1 N–H and O–H groups in total. The van der Waals surface area contributed by atoms with Crippen molar-refractivity contribution in [3.63, 3.8) is 0 Å². The van der Waals surface area contributed by atoms with Crippen molar-refractivity contribution >= 4 is 34.8 Å². The number of hydrogen-bond donors (Lipinski definition) is 1. The molecule has 0 saturated carbocycles. The van der Waals surface area contributed by atoms with Crippen LogP contribution in [0.2, 0.25) is 5.02 Å². The first-order chi connectivity index (χ1) is 14.5. The van der Waals surface area contributed by atoms with Gasteiger partial charge in [0.1, 0.15) is 11.6 Å². The maximum absolute atomic E-state index is 14.0. The van der Waals surface area contributed by atoms with Crippen LogP contribution in [0, 0.1) is 5.82 Å². The smallest absolute Gasteiger partial charge is 0.265 e. The van der Waals surface area contributed by atoms with Crippen molar-refractivity contribution in [1.82, 2.24) is 4.90 Å². The molecule has 158 valence electrons. The number of likely N-dealkylation sites (tertiary alicyclic amines) is 1. The number of carbonyl (C=O) groups excluding carboxylic acids is 2.